The summed E-state index contributed by atoms with van der Waals surface area (Å²) >= 11 is 6.76. The van der Waals surface area contributed by atoms with Crippen molar-refractivity contribution in [1.82, 2.24) is 15.2 Å². The molecule has 6 N–H and O–H groups in total. The minimum absolute atomic E-state index is 0.0780. The lowest BCUT2D eigenvalue weighted by Crippen LogP contribution is -2.30. The third-order valence-electron chi connectivity index (χ3n) is 9.11. The van der Waals surface area contributed by atoms with Gasteiger partial charge in [0, 0.05) is 61.0 Å². The molecule has 2 heterocycles. The lowest BCUT2D eigenvalue weighted by molar-refractivity contribution is -0.137. The predicted octanol–water partition coefficient (Wildman–Crippen LogP) is 6.58. The Hall–Kier alpha value is -5.12. The second-order valence-corrected chi connectivity index (χ2v) is 13.4. The molecule has 0 atom stereocenters. The van der Waals surface area contributed by atoms with Crippen molar-refractivity contribution >= 4 is 23.3 Å². The first kappa shape index (κ1) is 38.1. The number of hydrazine groups is 1. The van der Waals surface area contributed by atoms with Crippen molar-refractivity contribution in [1.29, 1.82) is 5.26 Å². The number of benzene rings is 3. The van der Waals surface area contributed by atoms with E-state index >= 15 is 0 Å². The summed E-state index contributed by atoms with van der Waals surface area (Å²) in [5.41, 5.74) is 15.1. The molecule has 272 valence electrons. The largest absolute Gasteiger partial charge is 0.488 e. The van der Waals surface area contributed by atoms with Crippen molar-refractivity contribution in [3.63, 3.8) is 0 Å². The normalized spacial score (nSPS) is 13.2. The lowest BCUT2D eigenvalue weighted by Gasteiger charge is -2.22. The van der Waals surface area contributed by atoms with E-state index in [1.165, 1.54) is 19.0 Å². The van der Waals surface area contributed by atoms with Gasteiger partial charge in [-0.05, 0) is 98.8 Å². The zero-order valence-electron chi connectivity index (χ0n) is 29.7. The zero-order chi connectivity index (χ0) is 37.0. The number of carboxylic acids is 1. The summed E-state index contributed by atoms with van der Waals surface area (Å²) in [6.07, 6.45) is 7.93. The van der Waals surface area contributed by atoms with Crippen LogP contribution in [-0.4, -0.2) is 47.1 Å². The van der Waals surface area contributed by atoms with Crippen LogP contribution in [0.2, 0.25) is 5.02 Å². The molecule has 0 unspecified atom stereocenters. The molecule has 0 saturated carbocycles. The topological polar surface area (TPSA) is 163 Å². The number of pyridine rings is 1. The van der Waals surface area contributed by atoms with Gasteiger partial charge in [-0.2, -0.15) is 5.26 Å². The van der Waals surface area contributed by atoms with Crippen molar-refractivity contribution in [3.05, 3.63) is 117 Å². The standard InChI is InChI=1S/C40H46ClN7O4/c1-27-31(8-5-9-34(27)35-10-6-11-37(28(35)2)48(44)24-33(43)23-47-14-3-4-15-47)26-52-39-18-38(51-25-30-16-29(19-42)20-46-21-30)32(17-36(39)41)22-45-13-7-12-40(49)50/h5-6,8-11,16-18,20-21,24,45H,3-4,7,12-15,22-23,25-26,43-44H2,1-2H3,(H,49,50)/b33-24-. The van der Waals surface area contributed by atoms with E-state index in [0.29, 0.717) is 48.1 Å². The van der Waals surface area contributed by atoms with Crippen LogP contribution in [0.25, 0.3) is 11.1 Å². The molecule has 4 aromatic rings. The van der Waals surface area contributed by atoms with Gasteiger partial charge in [0.25, 0.3) is 0 Å². The molecule has 12 heteroatoms. The number of carboxylic acid groups (broad SMARTS) is 1. The highest BCUT2D eigenvalue weighted by Gasteiger charge is 2.17. The van der Waals surface area contributed by atoms with Gasteiger partial charge in [-0.3, -0.25) is 19.7 Å². The fourth-order valence-corrected chi connectivity index (χ4v) is 6.55. The monoisotopic (exact) mass is 723 g/mol. The number of nitrogens with zero attached hydrogens (tertiary/aromatic N) is 4. The Bertz CT molecular complexity index is 1940. The number of rotatable bonds is 17. The number of hydrogen-bond acceptors (Lipinski definition) is 10. The van der Waals surface area contributed by atoms with Crippen molar-refractivity contribution in [3.8, 4) is 28.7 Å². The molecular formula is C40H46ClN7O4. The SMILES string of the molecule is Cc1c(COc2cc(OCc3cncc(C#N)c3)c(CNCCCC(=O)O)cc2Cl)cccc1-c1cccc(N(N)/C=C(\N)CN2CCCC2)c1C. The molecular weight excluding hydrogens is 678 g/mol. The fourth-order valence-electron chi connectivity index (χ4n) is 6.31. The predicted molar refractivity (Wildman–Crippen MR) is 204 cm³/mol. The van der Waals surface area contributed by atoms with E-state index in [0.717, 1.165) is 63.4 Å². The Morgan fingerprint density at radius 2 is 1.77 bits per heavy atom. The van der Waals surface area contributed by atoms with Crippen LogP contribution in [0.3, 0.4) is 0 Å². The van der Waals surface area contributed by atoms with Crippen LogP contribution in [0.1, 0.15) is 59.1 Å². The number of halogens is 1. The van der Waals surface area contributed by atoms with Gasteiger partial charge in [0.15, 0.2) is 0 Å². The van der Waals surface area contributed by atoms with E-state index in [1.54, 1.807) is 29.4 Å². The number of hydrogen-bond donors (Lipinski definition) is 4. The lowest BCUT2D eigenvalue weighted by atomic mass is 9.93. The Kier molecular flexibility index (Phi) is 13.5. The third kappa shape index (κ3) is 10.2. The van der Waals surface area contributed by atoms with Crippen LogP contribution < -0.4 is 31.4 Å². The number of aromatic nitrogens is 1. The fraction of sp³-hybridized carbons (Fsp3) is 0.325. The molecule has 1 fully saturated rings. The highest BCUT2D eigenvalue weighted by atomic mass is 35.5. The number of likely N-dealkylation sites (tertiary alicyclic amines) is 1. The van der Waals surface area contributed by atoms with E-state index in [1.807, 2.05) is 30.5 Å². The van der Waals surface area contributed by atoms with Crippen LogP contribution in [0.15, 0.2) is 78.9 Å². The molecule has 0 spiro atoms. The van der Waals surface area contributed by atoms with Crippen LogP contribution in [0.4, 0.5) is 5.69 Å². The first-order valence-electron chi connectivity index (χ1n) is 17.4. The molecule has 1 aliphatic heterocycles. The average molecular weight is 724 g/mol. The van der Waals surface area contributed by atoms with Gasteiger partial charge in [-0.15, -0.1) is 0 Å². The Morgan fingerprint density at radius 1 is 1.04 bits per heavy atom. The first-order valence-corrected chi connectivity index (χ1v) is 17.8. The summed E-state index contributed by atoms with van der Waals surface area (Å²) < 4.78 is 12.5. The van der Waals surface area contributed by atoms with E-state index < -0.39 is 5.97 Å². The van der Waals surface area contributed by atoms with E-state index in [9.17, 15) is 10.1 Å². The van der Waals surface area contributed by atoms with E-state index in [2.05, 4.69) is 47.3 Å². The summed E-state index contributed by atoms with van der Waals surface area (Å²) in [7, 11) is 0. The molecule has 1 aliphatic rings. The second kappa shape index (κ2) is 18.4. The molecule has 3 aromatic carbocycles. The van der Waals surface area contributed by atoms with E-state index in [4.69, 9.17) is 37.8 Å². The summed E-state index contributed by atoms with van der Waals surface area (Å²) in [6, 6.07) is 19.6. The van der Waals surface area contributed by atoms with Gasteiger partial charge in [-0.25, -0.2) is 5.84 Å². The highest BCUT2D eigenvalue weighted by Crippen LogP contribution is 2.36. The molecule has 5 rings (SSSR count). The molecule has 0 amide bonds. The van der Waals surface area contributed by atoms with Gasteiger partial charge in [-0.1, -0.05) is 41.9 Å². The molecule has 0 aliphatic carbocycles. The Labute approximate surface area is 310 Å². The van der Waals surface area contributed by atoms with Crippen molar-refractivity contribution in [2.75, 3.05) is 31.2 Å². The van der Waals surface area contributed by atoms with Gasteiger partial charge in [0.2, 0.25) is 0 Å². The van der Waals surface area contributed by atoms with E-state index in [-0.39, 0.29) is 19.6 Å². The van der Waals surface area contributed by atoms with Crippen molar-refractivity contribution < 1.29 is 19.4 Å². The van der Waals surface area contributed by atoms with Crippen molar-refractivity contribution in [2.24, 2.45) is 11.6 Å². The smallest absolute Gasteiger partial charge is 0.303 e. The van der Waals surface area contributed by atoms with Crippen molar-refractivity contribution in [2.45, 2.75) is 59.3 Å². The number of ether oxygens (including phenoxy) is 2. The molecule has 1 saturated heterocycles. The molecule has 0 radical (unpaired) electrons. The maximum Gasteiger partial charge on any atom is 0.303 e. The molecule has 11 nitrogen and oxygen atoms in total. The number of anilines is 1. The number of nitrogens with one attached hydrogen (secondary N) is 1. The third-order valence-corrected chi connectivity index (χ3v) is 9.40. The molecule has 1 aromatic heterocycles. The maximum atomic E-state index is 10.9. The minimum atomic E-state index is -0.836. The number of nitrogens with two attached hydrogens (primary N) is 2. The zero-order valence-corrected chi connectivity index (χ0v) is 30.5. The van der Waals surface area contributed by atoms with Crippen LogP contribution >= 0.6 is 11.6 Å². The van der Waals surface area contributed by atoms with Gasteiger partial charge in [0.1, 0.15) is 30.8 Å². The highest BCUT2D eigenvalue weighted by molar-refractivity contribution is 6.32. The number of carbonyl (C=O) groups is 1. The first-order chi connectivity index (χ1) is 25.1. The Balaban J connectivity index is 1.33. The Morgan fingerprint density at radius 3 is 2.52 bits per heavy atom. The van der Waals surface area contributed by atoms with Gasteiger partial charge in [0.05, 0.1) is 16.3 Å². The maximum absolute atomic E-state index is 10.9. The quantitative estimate of drug-likeness (QED) is 0.0529. The second-order valence-electron chi connectivity index (χ2n) is 13.0. The van der Waals surface area contributed by atoms with Crippen LogP contribution in [0.5, 0.6) is 11.5 Å². The van der Waals surface area contributed by atoms with Gasteiger partial charge >= 0.3 is 5.97 Å². The summed E-state index contributed by atoms with van der Waals surface area (Å²) in [5.74, 6) is 6.69. The summed E-state index contributed by atoms with van der Waals surface area (Å²) in [6.45, 7) is 8.32. The molecule has 0 bridgehead atoms. The average Bonchev–Trinajstić information content (AvgIpc) is 3.64. The van der Waals surface area contributed by atoms with Crippen LogP contribution in [0, 0.1) is 25.2 Å². The molecule has 52 heavy (non-hydrogen) atoms. The number of nitriles is 1. The van der Waals surface area contributed by atoms with Crippen LogP contribution in [-0.2, 0) is 24.6 Å². The minimum Gasteiger partial charge on any atom is -0.488 e. The summed E-state index contributed by atoms with van der Waals surface area (Å²) in [4.78, 5) is 17.4. The number of aliphatic carboxylic acids is 1. The summed E-state index contributed by atoms with van der Waals surface area (Å²) in [5, 5.41) is 23.5. The van der Waals surface area contributed by atoms with Gasteiger partial charge < -0.3 is 25.6 Å².